The van der Waals surface area contributed by atoms with Gasteiger partial charge in [-0.3, -0.25) is 4.68 Å². The van der Waals surface area contributed by atoms with Crippen molar-refractivity contribution < 1.29 is 4.42 Å². The third-order valence-electron chi connectivity index (χ3n) is 2.67. The molecule has 2 N–H and O–H groups in total. The molecule has 0 aromatic carbocycles. The molecule has 5 heteroatoms. The van der Waals surface area contributed by atoms with Crippen LogP contribution in [-0.4, -0.2) is 9.78 Å². The van der Waals surface area contributed by atoms with Gasteiger partial charge in [0.25, 0.3) is 0 Å². The Morgan fingerprint density at radius 3 is 2.94 bits per heavy atom. The number of hydrogen-bond acceptors (Lipinski definition) is 3. The fourth-order valence-electron chi connectivity index (χ4n) is 1.86. The van der Waals surface area contributed by atoms with E-state index in [4.69, 9.17) is 10.2 Å². The van der Waals surface area contributed by atoms with Crippen LogP contribution in [-0.2, 0) is 6.54 Å². The van der Waals surface area contributed by atoms with Crippen LogP contribution in [0.2, 0.25) is 0 Å². The van der Waals surface area contributed by atoms with Gasteiger partial charge in [-0.1, -0.05) is 6.92 Å². The monoisotopic (exact) mass is 297 g/mol. The van der Waals surface area contributed by atoms with E-state index in [-0.39, 0.29) is 6.04 Å². The van der Waals surface area contributed by atoms with Crippen LogP contribution in [0.15, 0.2) is 27.4 Å². The number of hydrogen-bond donors (Lipinski definition) is 1. The first-order valence-electron chi connectivity index (χ1n) is 5.65. The van der Waals surface area contributed by atoms with Gasteiger partial charge in [0, 0.05) is 12.1 Å². The summed E-state index contributed by atoms with van der Waals surface area (Å²) in [6, 6.07) is 1.75. The molecule has 2 heterocycles. The number of nitrogens with zero attached hydrogens (tertiary/aromatic N) is 2. The fourth-order valence-corrected chi connectivity index (χ4v) is 2.40. The van der Waals surface area contributed by atoms with Gasteiger partial charge in [-0.15, -0.1) is 0 Å². The van der Waals surface area contributed by atoms with E-state index in [1.807, 2.05) is 17.7 Å². The molecular formula is C12H16BrN3O. The Kier molecular flexibility index (Phi) is 3.69. The first kappa shape index (κ1) is 12.4. The van der Waals surface area contributed by atoms with Gasteiger partial charge in [0.05, 0.1) is 28.7 Å². The van der Waals surface area contributed by atoms with Crippen molar-refractivity contribution in [2.75, 3.05) is 0 Å². The molecule has 0 aliphatic carbocycles. The second-order valence-electron chi connectivity index (χ2n) is 4.07. The summed E-state index contributed by atoms with van der Waals surface area (Å²) in [6.07, 6.45) is 4.52. The summed E-state index contributed by atoms with van der Waals surface area (Å²) in [7, 11) is 0. The molecule has 0 fully saturated rings. The van der Waals surface area contributed by atoms with E-state index in [0.717, 1.165) is 34.5 Å². The number of furan rings is 1. The Hall–Kier alpha value is -1.07. The molecule has 0 saturated heterocycles. The molecule has 2 rings (SSSR count). The van der Waals surface area contributed by atoms with Crippen LogP contribution in [0, 0.1) is 6.92 Å². The number of aromatic nitrogens is 2. The third-order valence-corrected chi connectivity index (χ3v) is 3.28. The van der Waals surface area contributed by atoms with Crippen LogP contribution >= 0.6 is 15.9 Å². The highest BCUT2D eigenvalue weighted by Crippen LogP contribution is 2.27. The van der Waals surface area contributed by atoms with Crippen molar-refractivity contribution in [3.05, 3.63) is 40.0 Å². The molecule has 0 aliphatic rings. The number of rotatable bonds is 4. The molecular weight excluding hydrogens is 282 g/mol. The van der Waals surface area contributed by atoms with Crippen molar-refractivity contribution in [1.29, 1.82) is 0 Å². The Bertz CT molecular complexity index is 504. The van der Waals surface area contributed by atoms with Gasteiger partial charge in [0.2, 0.25) is 0 Å². The van der Waals surface area contributed by atoms with Crippen molar-refractivity contribution in [3.63, 3.8) is 0 Å². The predicted molar refractivity (Wildman–Crippen MR) is 69.7 cm³/mol. The van der Waals surface area contributed by atoms with E-state index in [1.165, 1.54) is 0 Å². The summed E-state index contributed by atoms with van der Waals surface area (Å²) in [5.74, 6) is 0.869. The summed E-state index contributed by atoms with van der Waals surface area (Å²) in [6.45, 7) is 4.90. The maximum absolute atomic E-state index is 6.26. The Labute approximate surface area is 109 Å². The van der Waals surface area contributed by atoms with E-state index in [9.17, 15) is 0 Å². The number of aryl methyl sites for hydroxylation is 2. The molecule has 2 aromatic heterocycles. The first-order chi connectivity index (χ1) is 8.13. The minimum atomic E-state index is -0.212. The van der Waals surface area contributed by atoms with Crippen LogP contribution in [0.4, 0.5) is 0 Å². The van der Waals surface area contributed by atoms with Gasteiger partial charge in [0.1, 0.15) is 5.76 Å². The lowest BCUT2D eigenvalue weighted by Gasteiger charge is -2.13. The van der Waals surface area contributed by atoms with E-state index in [2.05, 4.69) is 28.0 Å². The molecule has 0 spiro atoms. The lowest BCUT2D eigenvalue weighted by Crippen LogP contribution is -2.17. The van der Waals surface area contributed by atoms with Crippen LogP contribution in [0.3, 0.4) is 0 Å². The minimum Gasteiger partial charge on any atom is -0.469 e. The van der Waals surface area contributed by atoms with Crippen molar-refractivity contribution in [2.24, 2.45) is 5.73 Å². The Balaban J connectivity index is 2.35. The number of nitrogens with two attached hydrogens (primary N) is 1. The lowest BCUT2D eigenvalue weighted by atomic mass is 10.1. The number of halogens is 1. The molecule has 0 bridgehead atoms. The zero-order chi connectivity index (χ0) is 12.4. The predicted octanol–water partition coefficient (Wildman–Crippen LogP) is 3.01. The van der Waals surface area contributed by atoms with Gasteiger partial charge in [-0.2, -0.15) is 5.10 Å². The average molecular weight is 298 g/mol. The molecule has 2 aromatic rings. The molecule has 0 amide bonds. The van der Waals surface area contributed by atoms with Crippen molar-refractivity contribution >= 4 is 15.9 Å². The maximum atomic E-state index is 6.26. The van der Waals surface area contributed by atoms with Gasteiger partial charge >= 0.3 is 0 Å². The Morgan fingerprint density at radius 1 is 1.59 bits per heavy atom. The molecule has 0 radical (unpaired) electrons. The molecule has 92 valence electrons. The molecule has 0 saturated carbocycles. The summed E-state index contributed by atoms with van der Waals surface area (Å²) >= 11 is 3.50. The van der Waals surface area contributed by atoms with E-state index in [0.29, 0.717) is 0 Å². The lowest BCUT2D eigenvalue weighted by molar-refractivity contribution is 0.526. The van der Waals surface area contributed by atoms with Gasteiger partial charge in [-0.25, -0.2) is 0 Å². The molecule has 4 nitrogen and oxygen atoms in total. The molecule has 1 unspecified atom stereocenters. The second kappa shape index (κ2) is 5.06. The highest BCUT2D eigenvalue weighted by molar-refractivity contribution is 9.10. The topological polar surface area (TPSA) is 57.0 Å². The van der Waals surface area contributed by atoms with Crippen LogP contribution in [0.5, 0.6) is 0 Å². The first-order valence-corrected chi connectivity index (χ1v) is 6.44. The summed E-state index contributed by atoms with van der Waals surface area (Å²) in [4.78, 5) is 0. The average Bonchev–Trinajstić information content (AvgIpc) is 2.86. The van der Waals surface area contributed by atoms with Gasteiger partial charge in [0.15, 0.2) is 0 Å². The maximum Gasteiger partial charge on any atom is 0.101 e. The fraction of sp³-hybridized carbons (Fsp3) is 0.417. The largest absolute Gasteiger partial charge is 0.469 e. The Morgan fingerprint density at radius 2 is 2.35 bits per heavy atom. The third kappa shape index (κ3) is 2.45. The standard InChI is InChI=1S/C12H16BrN3O/c1-3-4-16-12(10(13)6-15-16)11(14)9-5-8(2)17-7-9/h5-7,11H,3-4,14H2,1-2H3. The van der Waals surface area contributed by atoms with Crippen LogP contribution < -0.4 is 5.73 Å². The van der Waals surface area contributed by atoms with E-state index >= 15 is 0 Å². The SMILES string of the molecule is CCCn1ncc(Br)c1C(N)c1coc(C)c1. The summed E-state index contributed by atoms with van der Waals surface area (Å²) < 4.78 is 8.18. The van der Waals surface area contributed by atoms with Gasteiger partial charge in [-0.05, 0) is 35.3 Å². The summed E-state index contributed by atoms with van der Waals surface area (Å²) in [5, 5.41) is 4.32. The van der Waals surface area contributed by atoms with Crippen LogP contribution in [0.25, 0.3) is 0 Å². The van der Waals surface area contributed by atoms with Crippen molar-refractivity contribution in [2.45, 2.75) is 32.9 Å². The van der Waals surface area contributed by atoms with Crippen LogP contribution in [0.1, 0.15) is 36.4 Å². The highest BCUT2D eigenvalue weighted by atomic mass is 79.9. The zero-order valence-electron chi connectivity index (χ0n) is 9.98. The van der Waals surface area contributed by atoms with E-state index < -0.39 is 0 Å². The quantitative estimate of drug-likeness (QED) is 0.944. The molecule has 0 aliphatic heterocycles. The minimum absolute atomic E-state index is 0.212. The normalized spacial score (nSPS) is 12.9. The molecule has 17 heavy (non-hydrogen) atoms. The highest BCUT2D eigenvalue weighted by Gasteiger charge is 2.19. The second-order valence-corrected chi connectivity index (χ2v) is 4.92. The van der Waals surface area contributed by atoms with Gasteiger partial charge < -0.3 is 10.2 Å². The van der Waals surface area contributed by atoms with Crippen molar-refractivity contribution in [1.82, 2.24) is 9.78 Å². The zero-order valence-corrected chi connectivity index (χ0v) is 11.6. The van der Waals surface area contributed by atoms with E-state index in [1.54, 1.807) is 12.5 Å². The smallest absolute Gasteiger partial charge is 0.101 e. The van der Waals surface area contributed by atoms with Crippen molar-refractivity contribution in [3.8, 4) is 0 Å². The molecule has 1 atom stereocenters. The summed E-state index contributed by atoms with van der Waals surface area (Å²) in [5.41, 5.74) is 8.22.